The van der Waals surface area contributed by atoms with Gasteiger partial charge in [-0.3, -0.25) is 9.69 Å². The Morgan fingerprint density at radius 1 is 1.73 bits per heavy atom. The van der Waals surface area contributed by atoms with E-state index in [1.165, 1.54) is 7.11 Å². The minimum absolute atomic E-state index is 0.267. The SMILES string of the molecule is C=C(CCl)CN1CCOC[C@H]1C(=O)OC. The molecule has 0 aromatic heterocycles. The van der Waals surface area contributed by atoms with E-state index in [1.807, 2.05) is 4.90 Å². The zero-order chi connectivity index (χ0) is 11.3. The Morgan fingerprint density at radius 2 is 2.47 bits per heavy atom. The Hall–Kier alpha value is -0.580. The number of halogens is 1. The molecule has 1 fully saturated rings. The molecule has 0 aliphatic carbocycles. The van der Waals surface area contributed by atoms with Gasteiger partial charge in [-0.2, -0.15) is 0 Å². The molecule has 0 saturated carbocycles. The van der Waals surface area contributed by atoms with Crippen LogP contribution in [0.3, 0.4) is 0 Å². The summed E-state index contributed by atoms with van der Waals surface area (Å²) in [6.07, 6.45) is 0. The van der Waals surface area contributed by atoms with Gasteiger partial charge < -0.3 is 9.47 Å². The number of rotatable bonds is 4. The van der Waals surface area contributed by atoms with Gasteiger partial charge in [-0.15, -0.1) is 11.6 Å². The number of hydrogen-bond donors (Lipinski definition) is 0. The first-order valence-corrected chi connectivity index (χ1v) is 5.34. The van der Waals surface area contributed by atoms with E-state index in [9.17, 15) is 4.79 Å². The zero-order valence-corrected chi connectivity index (χ0v) is 9.63. The molecule has 0 radical (unpaired) electrons. The maximum atomic E-state index is 11.4. The van der Waals surface area contributed by atoms with Crippen LogP contribution in [0.4, 0.5) is 0 Å². The van der Waals surface area contributed by atoms with Gasteiger partial charge in [-0.1, -0.05) is 6.58 Å². The highest BCUT2D eigenvalue weighted by Crippen LogP contribution is 2.11. The van der Waals surface area contributed by atoms with Crippen molar-refractivity contribution in [3.63, 3.8) is 0 Å². The molecule has 0 bridgehead atoms. The molecular formula is C10H16ClNO3. The van der Waals surface area contributed by atoms with Crippen molar-refractivity contribution in [1.82, 2.24) is 4.90 Å². The number of morpholine rings is 1. The lowest BCUT2D eigenvalue weighted by Crippen LogP contribution is -2.50. The minimum Gasteiger partial charge on any atom is -0.468 e. The summed E-state index contributed by atoms with van der Waals surface area (Å²) in [5, 5.41) is 0. The van der Waals surface area contributed by atoms with Gasteiger partial charge in [-0.05, 0) is 5.57 Å². The lowest BCUT2D eigenvalue weighted by molar-refractivity contribution is -0.152. The number of hydrogen-bond acceptors (Lipinski definition) is 4. The normalized spacial score (nSPS) is 22.4. The highest BCUT2D eigenvalue weighted by Gasteiger charge is 2.30. The van der Waals surface area contributed by atoms with Crippen molar-refractivity contribution in [3.05, 3.63) is 12.2 Å². The number of esters is 1. The molecule has 0 aromatic rings. The molecule has 5 heteroatoms. The van der Waals surface area contributed by atoms with Crippen molar-refractivity contribution in [3.8, 4) is 0 Å². The van der Waals surface area contributed by atoms with Gasteiger partial charge in [0.2, 0.25) is 0 Å². The van der Waals surface area contributed by atoms with Gasteiger partial charge in [0.05, 0.1) is 20.3 Å². The van der Waals surface area contributed by atoms with Crippen molar-refractivity contribution in [2.24, 2.45) is 0 Å². The van der Waals surface area contributed by atoms with Gasteiger partial charge in [-0.25, -0.2) is 0 Å². The van der Waals surface area contributed by atoms with Gasteiger partial charge in [0, 0.05) is 19.0 Å². The second-order valence-corrected chi connectivity index (χ2v) is 3.74. The molecular weight excluding hydrogens is 218 g/mol. The lowest BCUT2D eigenvalue weighted by atomic mass is 10.2. The molecule has 0 amide bonds. The molecule has 1 rings (SSSR count). The summed E-state index contributed by atoms with van der Waals surface area (Å²) in [5.74, 6) is 0.141. The molecule has 0 spiro atoms. The largest absolute Gasteiger partial charge is 0.468 e. The fraction of sp³-hybridized carbons (Fsp3) is 0.700. The van der Waals surface area contributed by atoms with Crippen LogP contribution in [0.5, 0.6) is 0 Å². The first-order valence-electron chi connectivity index (χ1n) is 4.81. The molecule has 1 atom stereocenters. The van der Waals surface area contributed by atoms with E-state index in [0.717, 1.165) is 5.57 Å². The van der Waals surface area contributed by atoms with E-state index >= 15 is 0 Å². The maximum Gasteiger partial charge on any atom is 0.325 e. The van der Waals surface area contributed by atoms with Crippen molar-refractivity contribution >= 4 is 17.6 Å². The number of ether oxygens (including phenoxy) is 2. The average molecular weight is 234 g/mol. The van der Waals surface area contributed by atoms with Crippen LogP contribution in [0.15, 0.2) is 12.2 Å². The third-order valence-electron chi connectivity index (χ3n) is 2.33. The summed E-state index contributed by atoms with van der Waals surface area (Å²) in [5.41, 5.74) is 0.896. The summed E-state index contributed by atoms with van der Waals surface area (Å²) in [6, 6.07) is -0.330. The number of methoxy groups -OCH3 is 1. The van der Waals surface area contributed by atoms with Crippen LogP contribution in [-0.2, 0) is 14.3 Å². The quantitative estimate of drug-likeness (QED) is 0.406. The first kappa shape index (κ1) is 12.5. The molecule has 15 heavy (non-hydrogen) atoms. The van der Waals surface area contributed by atoms with Crippen LogP contribution in [-0.4, -0.2) is 56.2 Å². The Bertz CT molecular complexity index is 245. The third-order valence-corrected chi connectivity index (χ3v) is 2.71. The van der Waals surface area contributed by atoms with Crippen molar-refractivity contribution < 1.29 is 14.3 Å². The molecule has 4 nitrogen and oxygen atoms in total. The first-order chi connectivity index (χ1) is 7.19. The Labute approximate surface area is 94.8 Å². The van der Waals surface area contributed by atoms with E-state index in [2.05, 4.69) is 6.58 Å². The van der Waals surface area contributed by atoms with Gasteiger partial charge in [0.25, 0.3) is 0 Å². The standard InChI is InChI=1S/C10H16ClNO3/c1-8(5-11)6-12-3-4-15-7-9(12)10(13)14-2/h9H,1,3-7H2,2H3/t9-/m0/s1. The smallest absolute Gasteiger partial charge is 0.325 e. The molecule has 1 saturated heterocycles. The highest BCUT2D eigenvalue weighted by atomic mass is 35.5. The van der Waals surface area contributed by atoms with E-state index in [1.54, 1.807) is 0 Å². The van der Waals surface area contributed by atoms with Crippen LogP contribution >= 0.6 is 11.6 Å². The molecule has 1 aliphatic heterocycles. The fourth-order valence-corrected chi connectivity index (χ4v) is 1.59. The summed E-state index contributed by atoms with van der Waals surface area (Å²) in [6.45, 7) is 6.15. The molecule has 0 aromatic carbocycles. The van der Waals surface area contributed by atoms with Crippen LogP contribution in [0.2, 0.25) is 0 Å². The third kappa shape index (κ3) is 3.48. The van der Waals surface area contributed by atoms with E-state index < -0.39 is 0 Å². The molecule has 0 unspecified atom stereocenters. The van der Waals surface area contributed by atoms with Gasteiger partial charge >= 0.3 is 5.97 Å². The van der Waals surface area contributed by atoms with Crippen LogP contribution in [0.1, 0.15) is 0 Å². The second kappa shape index (κ2) is 6.10. The highest BCUT2D eigenvalue weighted by molar-refractivity contribution is 6.19. The lowest BCUT2D eigenvalue weighted by Gasteiger charge is -2.33. The molecule has 86 valence electrons. The monoisotopic (exact) mass is 233 g/mol. The fourth-order valence-electron chi connectivity index (χ4n) is 1.51. The molecule has 1 aliphatic rings. The topological polar surface area (TPSA) is 38.8 Å². The predicted molar refractivity (Wildman–Crippen MR) is 58.1 cm³/mol. The van der Waals surface area contributed by atoms with E-state index in [-0.39, 0.29) is 12.0 Å². The van der Waals surface area contributed by atoms with Crippen molar-refractivity contribution in [1.29, 1.82) is 0 Å². The number of carbonyl (C=O) groups is 1. The molecule has 1 heterocycles. The molecule has 0 N–H and O–H groups in total. The predicted octanol–water partition coefficient (Wildman–Crippen LogP) is 0.655. The average Bonchev–Trinajstić information content (AvgIpc) is 2.28. The summed E-state index contributed by atoms with van der Waals surface area (Å²) in [4.78, 5) is 13.4. The maximum absolute atomic E-state index is 11.4. The van der Waals surface area contributed by atoms with Gasteiger partial charge in [0.1, 0.15) is 6.04 Å². The number of carbonyl (C=O) groups excluding carboxylic acids is 1. The Kier molecular flexibility index (Phi) is 5.08. The Morgan fingerprint density at radius 3 is 3.07 bits per heavy atom. The Balaban J connectivity index is 2.57. The second-order valence-electron chi connectivity index (χ2n) is 3.47. The van der Waals surface area contributed by atoms with Crippen LogP contribution in [0.25, 0.3) is 0 Å². The summed E-state index contributed by atoms with van der Waals surface area (Å²) < 4.78 is 9.96. The van der Waals surface area contributed by atoms with Crippen molar-refractivity contribution in [2.75, 3.05) is 39.3 Å². The van der Waals surface area contributed by atoms with E-state index in [4.69, 9.17) is 21.1 Å². The number of alkyl halides is 1. The van der Waals surface area contributed by atoms with E-state index in [0.29, 0.717) is 32.2 Å². The van der Waals surface area contributed by atoms with Crippen LogP contribution in [0, 0.1) is 0 Å². The van der Waals surface area contributed by atoms with Crippen molar-refractivity contribution in [2.45, 2.75) is 6.04 Å². The summed E-state index contributed by atoms with van der Waals surface area (Å²) in [7, 11) is 1.38. The van der Waals surface area contributed by atoms with Crippen LogP contribution < -0.4 is 0 Å². The number of nitrogens with zero attached hydrogens (tertiary/aromatic N) is 1. The van der Waals surface area contributed by atoms with Gasteiger partial charge in [0.15, 0.2) is 0 Å². The zero-order valence-electron chi connectivity index (χ0n) is 8.87. The minimum atomic E-state index is -0.330. The summed E-state index contributed by atoms with van der Waals surface area (Å²) >= 11 is 5.66.